The summed E-state index contributed by atoms with van der Waals surface area (Å²) in [4.78, 5) is 4.48. The molecule has 0 spiro atoms. The normalized spacial score (nSPS) is 10.7. The lowest BCUT2D eigenvalue weighted by Gasteiger charge is -2.01. The second-order valence-corrected chi connectivity index (χ2v) is 5.20. The van der Waals surface area contributed by atoms with Crippen LogP contribution in [-0.2, 0) is 12.3 Å². The topological polar surface area (TPSA) is 12.9 Å². The van der Waals surface area contributed by atoms with Crippen molar-refractivity contribution in [2.45, 2.75) is 32.1 Å². The summed E-state index contributed by atoms with van der Waals surface area (Å²) in [6.07, 6.45) is 3.67. The third-order valence-electron chi connectivity index (χ3n) is 2.71. The molecule has 0 aliphatic heterocycles. The Kier molecular flexibility index (Phi) is 4.57. The average molecular weight is 266 g/mol. The number of nitrogens with zero attached hydrogens (tertiary/aromatic N) is 1. The van der Waals surface area contributed by atoms with Gasteiger partial charge in [0.1, 0.15) is 5.01 Å². The number of hydrogen-bond acceptors (Lipinski definition) is 2. The standard InChI is InChI=1S/C14H16ClNS/c1-2-3-4-11-5-7-12(8-6-11)14-16-13(9-15)10-17-14/h5-8,10H,2-4,9H2,1H3. The van der Waals surface area contributed by atoms with Crippen LogP contribution >= 0.6 is 22.9 Å². The van der Waals surface area contributed by atoms with Gasteiger partial charge in [0.05, 0.1) is 11.6 Å². The number of rotatable bonds is 5. The van der Waals surface area contributed by atoms with Crippen molar-refractivity contribution in [3.63, 3.8) is 0 Å². The van der Waals surface area contributed by atoms with E-state index < -0.39 is 0 Å². The van der Waals surface area contributed by atoms with Crippen LogP contribution in [-0.4, -0.2) is 4.98 Å². The van der Waals surface area contributed by atoms with E-state index in [1.807, 2.05) is 5.38 Å². The first-order chi connectivity index (χ1) is 8.33. The largest absolute Gasteiger partial charge is 0.240 e. The van der Waals surface area contributed by atoms with E-state index in [2.05, 4.69) is 36.2 Å². The average Bonchev–Trinajstić information content (AvgIpc) is 2.86. The number of aromatic nitrogens is 1. The second-order valence-electron chi connectivity index (χ2n) is 4.08. The molecule has 0 aliphatic rings. The number of alkyl halides is 1. The van der Waals surface area contributed by atoms with Gasteiger partial charge in [-0.2, -0.15) is 0 Å². The third kappa shape index (κ3) is 3.30. The summed E-state index contributed by atoms with van der Waals surface area (Å²) in [5, 5.41) is 3.08. The van der Waals surface area contributed by atoms with Crippen LogP contribution in [0.5, 0.6) is 0 Å². The van der Waals surface area contributed by atoms with Gasteiger partial charge in [0.15, 0.2) is 0 Å². The summed E-state index contributed by atoms with van der Waals surface area (Å²) < 4.78 is 0. The molecule has 1 aromatic carbocycles. The number of thiazole rings is 1. The molecule has 90 valence electrons. The van der Waals surface area contributed by atoms with Crippen molar-refractivity contribution in [2.24, 2.45) is 0 Å². The van der Waals surface area contributed by atoms with Crippen LogP contribution in [0.25, 0.3) is 10.6 Å². The van der Waals surface area contributed by atoms with E-state index >= 15 is 0 Å². The van der Waals surface area contributed by atoms with Gasteiger partial charge in [0.2, 0.25) is 0 Å². The lowest BCUT2D eigenvalue weighted by molar-refractivity contribution is 0.795. The van der Waals surface area contributed by atoms with Crippen LogP contribution in [0.1, 0.15) is 31.0 Å². The van der Waals surface area contributed by atoms with Crippen molar-refractivity contribution in [3.05, 3.63) is 40.9 Å². The summed E-state index contributed by atoms with van der Waals surface area (Å²) in [6.45, 7) is 2.22. The Morgan fingerprint density at radius 3 is 2.59 bits per heavy atom. The molecule has 17 heavy (non-hydrogen) atoms. The fourth-order valence-corrected chi connectivity index (χ4v) is 2.75. The molecule has 1 heterocycles. The van der Waals surface area contributed by atoms with Crippen LogP contribution in [0.15, 0.2) is 29.6 Å². The summed E-state index contributed by atoms with van der Waals surface area (Å²) in [7, 11) is 0. The maximum atomic E-state index is 5.75. The first-order valence-electron chi connectivity index (χ1n) is 5.93. The Balaban J connectivity index is 2.11. The van der Waals surface area contributed by atoms with E-state index in [1.165, 1.54) is 30.4 Å². The van der Waals surface area contributed by atoms with Gasteiger partial charge >= 0.3 is 0 Å². The minimum atomic E-state index is 0.491. The van der Waals surface area contributed by atoms with E-state index in [9.17, 15) is 0 Å². The fraction of sp³-hybridized carbons (Fsp3) is 0.357. The number of unbranched alkanes of at least 4 members (excludes halogenated alkanes) is 1. The number of benzene rings is 1. The van der Waals surface area contributed by atoms with Crippen LogP contribution in [0.3, 0.4) is 0 Å². The summed E-state index contributed by atoms with van der Waals surface area (Å²) >= 11 is 7.41. The molecule has 1 nitrogen and oxygen atoms in total. The van der Waals surface area contributed by atoms with E-state index in [4.69, 9.17) is 11.6 Å². The SMILES string of the molecule is CCCCc1ccc(-c2nc(CCl)cs2)cc1. The van der Waals surface area contributed by atoms with Gasteiger partial charge in [-0.05, 0) is 18.4 Å². The molecule has 2 aromatic rings. The van der Waals surface area contributed by atoms with Crippen molar-refractivity contribution in [1.29, 1.82) is 0 Å². The van der Waals surface area contributed by atoms with Crippen molar-refractivity contribution in [2.75, 3.05) is 0 Å². The van der Waals surface area contributed by atoms with E-state index in [-0.39, 0.29) is 0 Å². The van der Waals surface area contributed by atoms with Gasteiger partial charge in [-0.15, -0.1) is 22.9 Å². The van der Waals surface area contributed by atoms with Crippen LogP contribution < -0.4 is 0 Å². The Hall–Kier alpha value is -0.860. The zero-order valence-electron chi connectivity index (χ0n) is 9.95. The van der Waals surface area contributed by atoms with Gasteiger partial charge in [-0.1, -0.05) is 37.6 Å². The lowest BCUT2D eigenvalue weighted by atomic mass is 10.1. The zero-order valence-corrected chi connectivity index (χ0v) is 11.5. The van der Waals surface area contributed by atoms with Crippen LogP contribution in [0.4, 0.5) is 0 Å². The Bertz CT molecular complexity index is 461. The number of hydrogen-bond donors (Lipinski definition) is 0. The molecule has 0 amide bonds. The smallest absolute Gasteiger partial charge is 0.123 e. The highest BCUT2D eigenvalue weighted by molar-refractivity contribution is 7.13. The molecule has 0 unspecified atom stereocenters. The number of aryl methyl sites for hydroxylation is 1. The number of halogens is 1. The maximum absolute atomic E-state index is 5.75. The predicted octanol–water partition coefficient (Wildman–Crippen LogP) is 4.89. The molecular formula is C14H16ClNS. The van der Waals surface area contributed by atoms with Crippen molar-refractivity contribution < 1.29 is 0 Å². The highest BCUT2D eigenvalue weighted by Crippen LogP contribution is 2.24. The Labute approximate surface area is 111 Å². The molecule has 0 bridgehead atoms. The highest BCUT2D eigenvalue weighted by Gasteiger charge is 2.03. The van der Waals surface area contributed by atoms with Gasteiger partial charge in [-0.25, -0.2) is 4.98 Å². The highest BCUT2D eigenvalue weighted by atomic mass is 35.5. The molecule has 1 aromatic heterocycles. The molecule has 0 saturated carbocycles. The van der Waals surface area contributed by atoms with Crippen molar-refractivity contribution >= 4 is 22.9 Å². The van der Waals surface area contributed by atoms with E-state index in [1.54, 1.807) is 11.3 Å². The molecule has 0 saturated heterocycles. The van der Waals surface area contributed by atoms with Gasteiger partial charge in [0.25, 0.3) is 0 Å². The second kappa shape index (κ2) is 6.18. The van der Waals surface area contributed by atoms with Crippen molar-refractivity contribution in [1.82, 2.24) is 4.98 Å². The molecule has 0 fully saturated rings. The monoisotopic (exact) mass is 265 g/mol. The predicted molar refractivity (Wildman–Crippen MR) is 75.7 cm³/mol. The van der Waals surface area contributed by atoms with Gasteiger partial charge < -0.3 is 0 Å². The molecule has 0 atom stereocenters. The minimum Gasteiger partial charge on any atom is -0.240 e. The fourth-order valence-electron chi connectivity index (χ4n) is 1.70. The maximum Gasteiger partial charge on any atom is 0.123 e. The molecular weight excluding hydrogens is 250 g/mol. The van der Waals surface area contributed by atoms with Gasteiger partial charge in [0, 0.05) is 10.9 Å². The van der Waals surface area contributed by atoms with E-state index in [0.29, 0.717) is 5.88 Å². The van der Waals surface area contributed by atoms with Crippen LogP contribution in [0.2, 0.25) is 0 Å². The first kappa shape index (κ1) is 12.6. The van der Waals surface area contributed by atoms with Crippen LogP contribution in [0, 0.1) is 0 Å². The minimum absolute atomic E-state index is 0.491. The van der Waals surface area contributed by atoms with E-state index in [0.717, 1.165) is 10.7 Å². The first-order valence-corrected chi connectivity index (χ1v) is 7.34. The lowest BCUT2D eigenvalue weighted by Crippen LogP contribution is -1.85. The summed E-state index contributed by atoms with van der Waals surface area (Å²) in [6, 6.07) is 8.71. The molecule has 0 radical (unpaired) electrons. The summed E-state index contributed by atoms with van der Waals surface area (Å²) in [5.74, 6) is 0.491. The van der Waals surface area contributed by atoms with Gasteiger partial charge in [-0.3, -0.25) is 0 Å². The summed E-state index contributed by atoms with van der Waals surface area (Å²) in [5.41, 5.74) is 3.55. The molecule has 0 aliphatic carbocycles. The molecule has 2 rings (SSSR count). The quantitative estimate of drug-likeness (QED) is 0.702. The zero-order chi connectivity index (χ0) is 12.1. The molecule has 0 N–H and O–H groups in total. The Morgan fingerprint density at radius 1 is 1.24 bits per heavy atom. The molecule has 3 heteroatoms. The van der Waals surface area contributed by atoms with Crippen molar-refractivity contribution in [3.8, 4) is 10.6 Å². The Morgan fingerprint density at radius 2 is 2.00 bits per heavy atom. The third-order valence-corrected chi connectivity index (χ3v) is 3.92.